The van der Waals surface area contributed by atoms with Gasteiger partial charge in [-0.1, -0.05) is 26.0 Å². The fourth-order valence-electron chi connectivity index (χ4n) is 2.89. The number of nitrogens with zero attached hydrogens (tertiary/aromatic N) is 1. The van der Waals surface area contributed by atoms with Crippen LogP contribution in [-0.4, -0.2) is 36.6 Å². The van der Waals surface area contributed by atoms with Crippen LogP contribution < -0.4 is 5.32 Å². The Hall–Kier alpha value is -0.340. The van der Waals surface area contributed by atoms with E-state index >= 15 is 0 Å². The Bertz CT molecular complexity index is 219. The standard InChI is InChI=1S/C14H26N2/c1-12(2)11-16-9-7-14(8-10-16)15-13-5-3-4-6-13/h3-4,12-15H,5-11H2,1-2H3. The lowest BCUT2D eigenvalue weighted by Gasteiger charge is -2.34. The quantitative estimate of drug-likeness (QED) is 0.735. The summed E-state index contributed by atoms with van der Waals surface area (Å²) in [5, 5.41) is 3.80. The molecule has 1 saturated heterocycles. The molecule has 2 rings (SSSR count). The molecule has 1 aliphatic heterocycles. The van der Waals surface area contributed by atoms with E-state index in [1.165, 1.54) is 45.3 Å². The van der Waals surface area contributed by atoms with Gasteiger partial charge in [0.15, 0.2) is 0 Å². The van der Waals surface area contributed by atoms with E-state index in [1.54, 1.807) is 0 Å². The lowest BCUT2D eigenvalue weighted by molar-refractivity contribution is 0.175. The minimum atomic E-state index is 0.738. The SMILES string of the molecule is CC(C)CN1CCC(NC2CC=CC2)CC1. The molecule has 0 saturated carbocycles. The normalized spacial score (nSPS) is 24.7. The zero-order valence-corrected chi connectivity index (χ0v) is 10.8. The topological polar surface area (TPSA) is 15.3 Å². The van der Waals surface area contributed by atoms with Crippen LogP contribution in [0.5, 0.6) is 0 Å². The first-order chi connectivity index (χ1) is 7.74. The second-order valence-corrected chi connectivity index (χ2v) is 5.78. The third-order valence-electron chi connectivity index (χ3n) is 3.69. The van der Waals surface area contributed by atoms with Crippen LogP contribution >= 0.6 is 0 Å². The fraction of sp³-hybridized carbons (Fsp3) is 0.857. The molecule has 1 heterocycles. The Kier molecular flexibility index (Phi) is 4.42. The maximum absolute atomic E-state index is 3.80. The second kappa shape index (κ2) is 5.83. The van der Waals surface area contributed by atoms with Gasteiger partial charge >= 0.3 is 0 Å². The van der Waals surface area contributed by atoms with Crippen molar-refractivity contribution in [3.63, 3.8) is 0 Å². The van der Waals surface area contributed by atoms with Crippen molar-refractivity contribution in [3.05, 3.63) is 12.2 Å². The first-order valence-electron chi connectivity index (χ1n) is 6.87. The number of rotatable bonds is 4. The molecule has 0 unspecified atom stereocenters. The molecule has 2 heteroatoms. The Labute approximate surface area is 100 Å². The molecular formula is C14H26N2. The van der Waals surface area contributed by atoms with Crippen molar-refractivity contribution in [2.75, 3.05) is 19.6 Å². The van der Waals surface area contributed by atoms with Gasteiger partial charge in [0, 0.05) is 18.6 Å². The highest BCUT2D eigenvalue weighted by Crippen LogP contribution is 2.16. The van der Waals surface area contributed by atoms with E-state index in [4.69, 9.17) is 0 Å². The van der Waals surface area contributed by atoms with Crippen LogP contribution in [0.3, 0.4) is 0 Å². The Morgan fingerprint density at radius 2 is 1.75 bits per heavy atom. The molecule has 0 amide bonds. The summed E-state index contributed by atoms with van der Waals surface area (Å²) in [5.41, 5.74) is 0. The predicted molar refractivity (Wildman–Crippen MR) is 69.6 cm³/mol. The number of likely N-dealkylation sites (tertiary alicyclic amines) is 1. The molecule has 0 aromatic heterocycles. The summed E-state index contributed by atoms with van der Waals surface area (Å²) in [6, 6.07) is 1.51. The zero-order chi connectivity index (χ0) is 11.4. The van der Waals surface area contributed by atoms with Crippen molar-refractivity contribution in [1.29, 1.82) is 0 Å². The van der Waals surface area contributed by atoms with Gasteiger partial charge in [-0.15, -0.1) is 0 Å². The molecule has 0 radical (unpaired) electrons. The first kappa shape index (κ1) is 12.1. The summed E-state index contributed by atoms with van der Waals surface area (Å²) < 4.78 is 0. The molecule has 0 atom stereocenters. The van der Waals surface area contributed by atoms with Crippen LogP contribution in [0.2, 0.25) is 0 Å². The maximum Gasteiger partial charge on any atom is 0.0139 e. The molecule has 92 valence electrons. The van der Waals surface area contributed by atoms with Crippen molar-refractivity contribution in [2.45, 2.75) is 51.6 Å². The summed E-state index contributed by atoms with van der Waals surface area (Å²) in [6.45, 7) is 8.48. The maximum atomic E-state index is 3.80. The highest BCUT2D eigenvalue weighted by molar-refractivity contribution is 4.99. The predicted octanol–water partition coefficient (Wildman–Crippen LogP) is 2.42. The van der Waals surface area contributed by atoms with Crippen molar-refractivity contribution < 1.29 is 0 Å². The van der Waals surface area contributed by atoms with Gasteiger partial charge in [0.05, 0.1) is 0 Å². The molecule has 1 N–H and O–H groups in total. The summed E-state index contributed by atoms with van der Waals surface area (Å²) >= 11 is 0. The van der Waals surface area contributed by atoms with Crippen molar-refractivity contribution in [3.8, 4) is 0 Å². The van der Waals surface area contributed by atoms with E-state index in [1.807, 2.05) is 0 Å². The average molecular weight is 222 g/mol. The minimum Gasteiger partial charge on any atom is -0.311 e. The summed E-state index contributed by atoms with van der Waals surface area (Å²) in [5.74, 6) is 0.809. The molecule has 16 heavy (non-hydrogen) atoms. The Morgan fingerprint density at radius 3 is 2.31 bits per heavy atom. The highest BCUT2D eigenvalue weighted by Gasteiger charge is 2.22. The third kappa shape index (κ3) is 3.60. The van der Waals surface area contributed by atoms with E-state index < -0.39 is 0 Å². The molecule has 0 bridgehead atoms. The number of hydrogen-bond acceptors (Lipinski definition) is 2. The van der Waals surface area contributed by atoms with E-state index in [0.29, 0.717) is 0 Å². The Balaban J connectivity index is 1.64. The largest absolute Gasteiger partial charge is 0.311 e. The van der Waals surface area contributed by atoms with Crippen molar-refractivity contribution in [2.24, 2.45) is 5.92 Å². The monoisotopic (exact) mass is 222 g/mol. The lowest BCUT2D eigenvalue weighted by Crippen LogP contribution is -2.46. The van der Waals surface area contributed by atoms with E-state index in [2.05, 4.69) is 36.2 Å². The van der Waals surface area contributed by atoms with E-state index in [-0.39, 0.29) is 0 Å². The molecule has 0 aromatic carbocycles. The van der Waals surface area contributed by atoms with Gasteiger partial charge in [-0.3, -0.25) is 0 Å². The summed E-state index contributed by atoms with van der Waals surface area (Å²) in [4.78, 5) is 2.62. The van der Waals surface area contributed by atoms with Crippen molar-refractivity contribution >= 4 is 0 Å². The second-order valence-electron chi connectivity index (χ2n) is 5.78. The summed E-state index contributed by atoms with van der Waals surface area (Å²) in [6.07, 6.45) is 9.78. The molecule has 0 spiro atoms. The Morgan fingerprint density at radius 1 is 1.12 bits per heavy atom. The van der Waals surface area contributed by atoms with Gasteiger partial charge in [0.2, 0.25) is 0 Å². The first-order valence-corrected chi connectivity index (χ1v) is 6.87. The van der Waals surface area contributed by atoms with E-state index in [0.717, 1.165) is 18.0 Å². The number of nitrogens with one attached hydrogen (secondary N) is 1. The third-order valence-corrected chi connectivity index (χ3v) is 3.69. The van der Waals surface area contributed by atoms with Gasteiger partial charge in [0.25, 0.3) is 0 Å². The van der Waals surface area contributed by atoms with Gasteiger partial charge in [-0.2, -0.15) is 0 Å². The van der Waals surface area contributed by atoms with Crippen LogP contribution in [0, 0.1) is 5.92 Å². The average Bonchev–Trinajstić information content (AvgIpc) is 2.73. The smallest absolute Gasteiger partial charge is 0.0139 e. The number of piperidine rings is 1. The van der Waals surface area contributed by atoms with Crippen molar-refractivity contribution in [1.82, 2.24) is 10.2 Å². The molecular weight excluding hydrogens is 196 g/mol. The van der Waals surface area contributed by atoms with Crippen LogP contribution in [-0.2, 0) is 0 Å². The molecule has 2 aliphatic rings. The lowest BCUT2D eigenvalue weighted by atomic mass is 10.0. The van der Waals surface area contributed by atoms with E-state index in [9.17, 15) is 0 Å². The van der Waals surface area contributed by atoms with Crippen LogP contribution in [0.15, 0.2) is 12.2 Å². The molecule has 1 aliphatic carbocycles. The van der Waals surface area contributed by atoms with Gasteiger partial charge in [-0.05, 0) is 44.7 Å². The number of hydrogen-bond donors (Lipinski definition) is 1. The van der Waals surface area contributed by atoms with Crippen LogP contribution in [0.4, 0.5) is 0 Å². The highest BCUT2D eigenvalue weighted by atomic mass is 15.1. The zero-order valence-electron chi connectivity index (χ0n) is 10.8. The molecule has 1 fully saturated rings. The van der Waals surface area contributed by atoms with Crippen LogP contribution in [0.25, 0.3) is 0 Å². The fourth-order valence-corrected chi connectivity index (χ4v) is 2.89. The molecule has 0 aromatic rings. The van der Waals surface area contributed by atoms with Gasteiger partial charge in [-0.25, -0.2) is 0 Å². The summed E-state index contributed by atoms with van der Waals surface area (Å²) in [7, 11) is 0. The van der Waals surface area contributed by atoms with Gasteiger partial charge in [0.1, 0.15) is 0 Å². The van der Waals surface area contributed by atoms with Crippen LogP contribution in [0.1, 0.15) is 39.5 Å². The molecule has 2 nitrogen and oxygen atoms in total. The van der Waals surface area contributed by atoms with Gasteiger partial charge < -0.3 is 10.2 Å². The minimum absolute atomic E-state index is 0.738.